The number of aromatic nitrogens is 2. The van der Waals surface area contributed by atoms with Gasteiger partial charge in [-0.15, -0.1) is 0 Å². The molecule has 1 unspecified atom stereocenters. The fourth-order valence-corrected chi connectivity index (χ4v) is 2.84. The zero-order valence-corrected chi connectivity index (χ0v) is 16.4. The van der Waals surface area contributed by atoms with Gasteiger partial charge in [0.25, 0.3) is 0 Å². The Morgan fingerprint density at radius 1 is 1.33 bits per heavy atom. The van der Waals surface area contributed by atoms with Gasteiger partial charge in [-0.2, -0.15) is 5.10 Å². The molecule has 0 fully saturated rings. The Balaban J connectivity index is 1.64. The fraction of sp³-hybridized carbons (Fsp3) is 0.211. The summed E-state index contributed by atoms with van der Waals surface area (Å²) in [6.07, 6.45) is 2.99. The van der Waals surface area contributed by atoms with Gasteiger partial charge in [-0.05, 0) is 52.7 Å². The first kappa shape index (κ1) is 18.9. The molecule has 140 valence electrons. The summed E-state index contributed by atoms with van der Waals surface area (Å²) in [6.45, 7) is 3.61. The number of halogens is 1. The summed E-state index contributed by atoms with van der Waals surface area (Å²) in [7, 11) is 0. The number of benzene rings is 1. The smallest absolute Gasteiger partial charge is 0.374 e. The monoisotopic (exact) mass is 431 g/mol. The van der Waals surface area contributed by atoms with E-state index in [4.69, 9.17) is 9.15 Å². The molecular weight excluding hydrogens is 414 g/mol. The first-order valence-electron chi connectivity index (χ1n) is 8.26. The van der Waals surface area contributed by atoms with E-state index in [1.807, 2.05) is 12.3 Å². The summed E-state index contributed by atoms with van der Waals surface area (Å²) in [5.41, 5.74) is 1.41. The van der Waals surface area contributed by atoms with Crippen LogP contribution >= 0.6 is 15.9 Å². The van der Waals surface area contributed by atoms with Crippen LogP contribution in [0.3, 0.4) is 0 Å². The largest absolute Gasteiger partial charge is 0.452 e. The number of amides is 1. The van der Waals surface area contributed by atoms with Crippen LogP contribution in [-0.4, -0.2) is 21.7 Å². The van der Waals surface area contributed by atoms with Gasteiger partial charge >= 0.3 is 5.97 Å². The number of rotatable bonds is 6. The molecule has 1 N–H and O–H groups in total. The summed E-state index contributed by atoms with van der Waals surface area (Å²) in [4.78, 5) is 23.5. The maximum Gasteiger partial charge on any atom is 0.374 e. The second-order valence-electron chi connectivity index (χ2n) is 5.98. The molecule has 3 rings (SSSR count). The SMILES string of the molecule is CC(=O)Nc1cccc(C(C)OC(=O)c2ccc(Cn3cc(Br)cn3)o2)c1. The average Bonchev–Trinajstić information content (AvgIpc) is 3.24. The number of furan rings is 1. The highest BCUT2D eigenvalue weighted by molar-refractivity contribution is 9.10. The van der Waals surface area contributed by atoms with Gasteiger partial charge in [0.1, 0.15) is 11.9 Å². The van der Waals surface area contributed by atoms with Crippen LogP contribution in [0.1, 0.15) is 41.8 Å². The maximum atomic E-state index is 12.3. The summed E-state index contributed by atoms with van der Waals surface area (Å²) >= 11 is 3.33. The number of hydrogen-bond acceptors (Lipinski definition) is 5. The van der Waals surface area contributed by atoms with Gasteiger partial charge in [-0.1, -0.05) is 12.1 Å². The first-order chi connectivity index (χ1) is 12.9. The van der Waals surface area contributed by atoms with E-state index in [0.717, 1.165) is 10.0 Å². The number of anilines is 1. The second-order valence-corrected chi connectivity index (χ2v) is 6.89. The summed E-state index contributed by atoms with van der Waals surface area (Å²) in [5, 5.41) is 6.85. The highest BCUT2D eigenvalue weighted by atomic mass is 79.9. The zero-order chi connectivity index (χ0) is 19.4. The molecule has 2 heterocycles. The number of carbonyl (C=O) groups excluding carboxylic acids is 2. The van der Waals surface area contributed by atoms with Crippen molar-refractivity contribution < 1.29 is 18.7 Å². The van der Waals surface area contributed by atoms with Gasteiger partial charge in [0.15, 0.2) is 0 Å². The minimum absolute atomic E-state index is 0.126. The third-order valence-electron chi connectivity index (χ3n) is 3.74. The molecule has 0 aliphatic heterocycles. The van der Waals surface area contributed by atoms with Crippen LogP contribution in [0, 0.1) is 0 Å². The van der Waals surface area contributed by atoms with Crippen molar-refractivity contribution in [3.8, 4) is 0 Å². The van der Waals surface area contributed by atoms with Gasteiger partial charge in [-0.3, -0.25) is 9.48 Å². The predicted octanol–water partition coefficient (Wildman–Crippen LogP) is 4.16. The van der Waals surface area contributed by atoms with Crippen molar-refractivity contribution in [2.75, 3.05) is 5.32 Å². The Morgan fingerprint density at radius 2 is 2.15 bits per heavy atom. The number of nitrogens with zero attached hydrogens (tertiary/aromatic N) is 2. The van der Waals surface area contributed by atoms with E-state index in [9.17, 15) is 9.59 Å². The molecule has 0 saturated heterocycles. The van der Waals surface area contributed by atoms with Crippen LogP contribution in [0.15, 0.2) is 57.7 Å². The van der Waals surface area contributed by atoms with Crippen molar-refractivity contribution in [2.24, 2.45) is 0 Å². The van der Waals surface area contributed by atoms with Crippen LogP contribution in [-0.2, 0) is 16.1 Å². The van der Waals surface area contributed by atoms with Gasteiger partial charge in [0, 0.05) is 18.8 Å². The lowest BCUT2D eigenvalue weighted by Crippen LogP contribution is -2.10. The lowest BCUT2D eigenvalue weighted by molar-refractivity contribution is -0.114. The average molecular weight is 432 g/mol. The minimum atomic E-state index is -0.555. The molecule has 3 aromatic rings. The van der Waals surface area contributed by atoms with Crippen molar-refractivity contribution in [3.63, 3.8) is 0 Å². The molecule has 0 aliphatic carbocycles. The highest BCUT2D eigenvalue weighted by Gasteiger charge is 2.18. The molecule has 0 bridgehead atoms. The second kappa shape index (κ2) is 8.22. The van der Waals surface area contributed by atoms with E-state index in [-0.39, 0.29) is 11.7 Å². The number of ether oxygens (including phenoxy) is 1. The van der Waals surface area contributed by atoms with E-state index < -0.39 is 12.1 Å². The van der Waals surface area contributed by atoms with Crippen LogP contribution in [0.25, 0.3) is 0 Å². The molecule has 8 heteroatoms. The van der Waals surface area contributed by atoms with Gasteiger partial charge in [0.05, 0.1) is 17.2 Å². The highest BCUT2D eigenvalue weighted by Crippen LogP contribution is 2.22. The van der Waals surface area contributed by atoms with Crippen LogP contribution in [0.2, 0.25) is 0 Å². The number of hydrogen-bond donors (Lipinski definition) is 1. The van der Waals surface area contributed by atoms with Crippen LogP contribution < -0.4 is 5.32 Å². The summed E-state index contributed by atoms with van der Waals surface area (Å²) in [5.74, 6) is 0.00314. The topological polar surface area (TPSA) is 86.4 Å². The zero-order valence-electron chi connectivity index (χ0n) is 14.8. The quantitative estimate of drug-likeness (QED) is 0.591. The van der Waals surface area contributed by atoms with E-state index >= 15 is 0 Å². The summed E-state index contributed by atoms with van der Waals surface area (Å²) < 4.78 is 13.6. The fourth-order valence-electron chi connectivity index (χ4n) is 2.52. The van der Waals surface area contributed by atoms with Crippen molar-refractivity contribution in [3.05, 3.63) is 70.3 Å². The molecule has 0 radical (unpaired) electrons. The van der Waals surface area contributed by atoms with Crippen LogP contribution in [0.4, 0.5) is 5.69 Å². The molecule has 1 atom stereocenters. The Bertz CT molecular complexity index is 963. The van der Waals surface area contributed by atoms with Gasteiger partial charge in [0.2, 0.25) is 11.7 Å². The molecule has 1 amide bonds. The number of carbonyl (C=O) groups is 2. The number of nitrogens with one attached hydrogen (secondary N) is 1. The molecule has 2 aromatic heterocycles. The lowest BCUT2D eigenvalue weighted by Gasteiger charge is -2.14. The predicted molar refractivity (Wildman–Crippen MR) is 102 cm³/mol. The Labute approximate surface area is 164 Å². The molecule has 0 saturated carbocycles. The molecule has 0 spiro atoms. The molecule has 27 heavy (non-hydrogen) atoms. The summed E-state index contributed by atoms with van der Waals surface area (Å²) in [6, 6.07) is 10.4. The van der Waals surface area contributed by atoms with E-state index in [1.165, 1.54) is 6.92 Å². The number of esters is 1. The minimum Gasteiger partial charge on any atom is -0.452 e. The Hall–Kier alpha value is -2.87. The van der Waals surface area contributed by atoms with Crippen molar-refractivity contribution in [1.29, 1.82) is 0 Å². The Morgan fingerprint density at radius 3 is 2.85 bits per heavy atom. The maximum absolute atomic E-state index is 12.3. The first-order valence-corrected chi connectivity index (χ1v) is 9.05. The van der Waals surface area contributed by atoms with Gasteiger partial charge < -0.3 is 14.5 Å². The Kier molecular flexibility index (Phi) is 5.75. The molecule has 7 nitrogen and oxygen atoms in total. The van der Waals surface area contributed by atoms with Crippen molar-refractivity contribution in [2.45, 2.75) is 26.5 Å². The lowest BCUT2D eigenvalue weighted by atomic mass is 10.1. The third-order valence-corrected chi connectivity index (χ3v) is 4.15. The molecular formula is C19H18BrN3O4. The third kappa shape index (κ3) is 5.07. The van der Waals surface area contributed by atoms with E-state index in [2.05, 4.69) is 26.3 Å². The van der Waals surface area contributed by atoms with Crippen LogP contribution in [0.5, 0.6) is 0 Å². The normalized spacial score (nSPS) is 11.8. The van der Waals surface area contributed by atoms with E-state index in [1.54, 1.807) is 48.1 Å². The molecule has 1 aromatic carbocycles. The standard InChI is InChI=1S/C19H18BrN3O4/c1-12(14-4-3-5-16(8-14)22-13(2)24)26-19(25)18-7-6-17(27-18)11-23-10-15(20)9-21-23/h3-10,12H,11H2,1-2H3,(H,22,24). The van der Waals surface area contributed by atoms with Gasteiger partial charge in [-0.25, -0.2) is 4.79 Å². The van der Waals surface area contributed by atoms with Crippen molar-refractivity contribution in [1.82, 2.24) is 9.78 Å². The van der Waals surface area contributed by atoms with E-state index in [0.29, 0.717) is 18.0 Å². The van der Waals surface area contributed by atoms with Crippen molar-refractivity contribution >= 4 is 33.5 Å². The molecule has 0 aliphatic rings.